The van der Waals surface area contributed by atoms with Gasteiger partial charge in [0, 0.05) is 51.4 Å². The third-order valence-corrected chi connectivity index (χ3v) is 6.47. The minimum atomic E-state index is -0.314. The van der Waals surface area contributed by atoms with E-state index in [1.54, 1.807) is 17.0 Å². The van der Waals surface area contributed by atoms with Gasteiger partial charge in [0.2, 0.25) is 5.91 Å². The van der Waals surface area contributed by atoms with Crippen LogP contribution < -0.4 is 5.32 Å². The molecule has 1 spiro atoms. The van der Waals surface area contributed by atoms with Crippen molar-refractivity contribution in [3.8, 4) is 0 Å². The van der Waals surface area contributed by atoms with Crippen LogP contribution in [0.3, 0.4) is 0 Å². The lowest BCUT2D eigenvalue weighted by molar-refractivity contribution is -0.139. The fourth-order valence-electron chi connectivity index (χ4n) is 4.84. The van der Waals surface area contributed by atoms with Crippen molar-refractivity contribution >= 4 is 11.9 Å². The summed E-state index contributed by atoms with van der Waals surface area (Å²) in [7, 11) is 0. The van der Waals surface area contributed by atoms with Crippen LogP contribution in [0.1, 0.15) is 31.2 Å². The minimum absolute atomic E-state index is 0.158. The molecule has 1 N–H and O–H groups in total. The van der Waals surface area contributed by atoms with Crippen molar-refractivity contribution in [2.45, 2.75) is 32.2 Å². The number of nitrogens with zero attached hydrogens (tertiary/aromatic N) is 2. The third kappa shape index (κ3) is 3.85. The summed E-state index contributed by atoms with van der Waals surface area (Å²) in [5.74, 6) is -0.278. The van der Waals surface area contributed by atoms with Crippen LogP contribution in [-0.2, 0) is 16.1 Å². The van der Waals surface area contributed by atoms with Crippen molar-refractivity contribution in [3.63, 3.8) is 0 Å². The molecule has 7 heteroatoms. The molecule has 0 radical (unpaired) electrons. The quantitative estimate of drug-likeness (QED) is 0.864. The van der Waals surface area contributed by atoms with Crippen LogP contribution in [0, 0.1) is 17.2 Å². The van der Waals surface area contributed by atoms with Crippen molar-refractivity contribution in [3.05, 3.63) is 35.6 Å². The molecular weight excluding hydrogens is 361 g/mol. The van der Waals surface area contributed by atoms with Crippen molar-refractivity contribution in [1.82, 2.24) is 15.1 Å². The predicted octanol–water partition coefficient (Wildman–Crippen LogP) is 2.39. The van der Waals surface area contributed by atoms with E-state index in [0.29, 0.717) is 26.3 Å². The Bertz CT molecular complexity index is 729. The maximum Gasteiger partial charge on any atom is 0.317 e. The van der Waals surface area contributed by atoms with Crippen LogP contribution in [-0.4, -0.2) is 61.1 Å². The summed E-state index contributed by atoms with van der Waals surface area (Å²) in [6.07, 6.45) is 3.74. The Morgan fingerprint density at radius 2 is 1.93 bits per heavy atom. The smallest absolute Gasteiger partial charge is 0.317 e. The highest BCUT2D eigenvalue weighted by Crippen LogP contribution is 2.45. The second kappa shape index (κ2) is 8.07. The van der Waals surface area contributed by atoms with Crippen LogP contribution >= 0.6 is 0 Å². The summed E-state index contributed by atoms with van der Waals surface area (Å²) in [5, 5.41) is 2.88. The summed E-state index contributed by atoms with van der Waals surface area (Å²) < 4.78 is 18.9. The Hall–Kier alpha value is -2.15. The van der Waals surface area contributed by atoms with Crippen LogP contribution in [0.25, 0.3) is 0 Å². The Balaban J connectivity index is 1.44. The van der Waals surface area contributed by atoms with E-state index in [2.05, 4.69) is 5.32 Å². The van der Waals surface area contributed by atoms with Gasteiger partial charge in [0.25, 0.3) is 0 Å². The predicted molar refractivity (Wildman–Crippen MR) is 102 cm³/mol. The molecule has 0 aromatic heterocycles. The highest BCUT2D eigenvalue weighted by atomic mass is 19.1. The van der Waals surface area contributed by atoms with Crippen molar-refractivity contribution in [2.75, 3.05) is 39.4 Å². The highest BCUT2D eigenvalue weighted by molar-refractivity contribution is 5.83. The molecular formula is C21H28FN3O3. The standard InChI is InChI=1S/C21H28FN3O3/c22-17-5-3-4-16(12-17)13-23-20(27)25-14-18(19(26)24-8-1-2-9-24)21(15-25)6-10-28-11-7-21/h3-5,12,18H,1-2,6-11,13-15H2,(H,23,27). The maximum absolute atomic E-state index is 13.3. The van der Waals surface area contributed by atoms with Gasteiger partial charge in [-0.3, -0.25) is 4.79 Å². The van der Waals surface area contributed by atoms with Gasteiger partial charge in [-0.1, -0.05) is 12.1 Å². The molecule has 0 aliphatic carbocycles. The normalized spacial score (nSPS) is 24.0. The zero-order valence-corrected chi connectivity index (χ0v) is 16.2. The number of urea groups is 1. The maximum atomic E-state index is 13.3. The summed E-state index contributed by atoms with van der Waals surface area (Å²) in [6.45, 7) is 4.24. The summed E-state index contributed by atoms with van der Waals surface area (Å²) in [4.78, 5) is 29.7. The molecule has 1 unspecified atom stereocenters. The van der Waals surface area contributed by atoms with Gasteiger partial charge < -0.3 is 19.9 Å². The molecule has 28 heavy (non-hydrogen) atoms. The second-order valence-corrected chi connectivity index (χ2v) is 8.23. The average molecular weight is 389 g/mol. The van der Waals surface area contributed by atoms with E-state index in [1.165, 1.54) is 12.1 Å². The molecule has 3 aliphatic heterocycles. The van der Waals surface area contributed by atoms with Crippen molar-refractivity contribution < 1.29 is 18.7 Å². The molecule has 3 fully saturated rings. The van der Waals surface area contributed by atoms with E-state index < -0.39 is 0 Å². The number of carbonyl (C=O) groups excluding carboxylic acids is 2. The molecule has 3 amide bonds. The zero-order valence-electron chi connectivity index (χ0n) is 16.2. The van der Waals surface area contributed by atoms with E-state index in [0.717, 1.165) is 44.3 Å². The summed E-state index contributed by atoms with van der Waals surface area (Å²) in [5.41, 5.74) is 0.534. The monoisotopic (exact) mass is 389 g/mol. The molecule has 1 aromatic carbocycles. The van der Waals surface area contributed by atoms with Gasteiger partial charge in [-0.05, 0) is 43.4 Å². The van der Waals surface area contributed by atoms with E-state index in [1.807, 2.05) is 4.90 Å². The molecule has 3 aliphatic rings. The largest absolute Gasteiger partial charge is 0.381 e. The molecule has 0 bridgehead atoms. The highest BCUT2D eigenvalue weighted by Gasteiger charge is 2.52. The average Bonchev–Trinajstić information content (AvgIpc) is 3.35. The molecule has 3 saturated heterocycles. The lowest BCUT2D eigenvalue weighted by Gasteiger charge is -2.38. The molecule has 3 heterocycles. The van der Waals surface area contributed by atoms with Gasteiger partial charge in [0.05, 0.1) is 5.92 Å². The number of carbonyl (C=O) groups is 2. The number of likely N-dealkylation sites (tertiary alicyclic amines) is 2. The number of benzene rings is 1. The fraction of sp³-hybridized carbons (Fsp3) is 0.619. The van der Waals surface area contributed by atoms with E-state index in [-0.39, 0.29) is 35.6 Å². The third-order valence-electron chi connectivity index (χ3n) is 6.47. The number of amides is 3. The Labute approximate surface area is 165 Å². The van der Waals surface area contributed by atoms with Gasteiger partial charge in [0.1, 0.15) is 5.82 Å². The molecule has 4 rings (SSSR count). The van der Waals surface area contributed by atoms with E-state index >= 15 is 0 Å². The van der Waals surface area contributed by atoms with Crippen LogP contribution in [0.5, 0.6) is 0 Å². The van der Waals surface area contributed by atoms with Gasteiger partial charge >= 0.3 is 6.03 Å². The number of halogens is 1. The number of ether oxygens (including phenoxy) is 1. The zero-order chi connectivity index (χ0) is 19.6. The van der Waals surface area contributed by atoms with Crippen molar-refractivity contribution in [2.24, 2.45) is 11.3 Å². The van der Waals surface area contributed by atoms with Gasteiger partial charge in [-0.2, -0.15) is 0 Å². The van der Waals surface area contributed by atoms with Crippen LogP contribution in [0.4, 0.5) is 9.18 Å². The number of hydrogen-bond acceptors (Lipinski definition) is 3. The lowest BCUT2D eigenvalue weighted by atomic mass is 9.71. The molecule has 6 nitrogen and oxygen atoms in total. The van der Waals surface area contributed by atoms with E-state index in [9.17, 15) is 14.0 Å². The molecule has 0 saturated carbocycles. The summed E-state index contributed by atoms with van der Waals surface area (Å²) in [6, 6.07) is 6.03. The fourth-order valence-corrected chi connectivity index (χ4v) is 4.84. The van der Waals surface area contributed by atoms with Gasteiger partial charge in [-0.25, -0.2) is 9.18 Å². The minimum Gasteiger partial charge on any atom is -0.381 e. The lowest BCUT2D eigenvalue weighted by Crippen LogP contribution is -2.45. The number of rotatable bonds is 3. The SMILES string of the molecule is O=C(NCc1cccc(F)c1)N1CC(C(=O)N2CCCC2)C2(CCOCC2)C1. The molecule has 1 atom stereocenters. The van der Waals surface area contributed by atoms with Gasteiger partial charge in [0.15, 0.2) is 0 Å². The topological polar surface area (TPSA) is 61.9 Å². The first-order valence-corrected chi connectivity index (χ1v) is 10.2. The number of nitrogens with one attached hydrogen (secondary N) is 1. The number of hydrogen-bond donors (Lipinski definition) is 1. The second-order valence-electron chi connectivity index (χ2n) is 8.23. The summed E-state index contributed by atoms with van der Waals surface area (Å²) >= 11 is 0. The van der Waals surface area contributed by atoms with Gasteiger partial charge in [-0.15, -0.1) is 0 Å². The first-order chi connectivity index (χ1) is 13.6. The molecule has 1 aromatic rings. The first kappa shape index (κ1) is 19.2. The first-order valence-electron chi connectivity index (χ1n) is 10.2. The Morgan fingerprint density at radius 1 is 1.18 bits per heavy atom. The van der Waals surface area contributed by atoms with E-state index in [4.69, 9.17) is 4.74 Å². The van der Waals surface area contributed by atoms with Crippen LogP contribution in [0.2, 0.25) is 0 Å². The van der Waals surface area contributed by atoms with Crippen LogP contribution in [0.15, 0.2) is 24.3 Å². The Kier molecular flexibility index (Phi) is 5.53. The molecule has 152 valence electrons. The van der Waals surface area contributed by atoms with Crippen molar-refractivity contribution in [1.29, 1.82) is 0 Å². The Morgan fingerprint density at radius 3 is 2.64 bits per heavy atom.